The molecule has 8 nitrogen and oxygen atoms in total. The molecule has 2 heterocycles. The summed E-state index contributed by atoms with van der Waals surface area (Å²) in [6.45, 7) is 14.0. The third-order valence-corrected chi connectivity index (χ3v) is 3.87. The van der Waals surface area contributed by atoms with Gasteiger partial charge in [-0.3, -0.25) is 0 Å². The van der Waals surface area contributed by atoms with Gasteiger partial charge in [0, 0.05) is 23.9 Å². The Morgan fingerprint density at radius 3 is 2.38 bits per heavy atom. The highest BCUT2D eigenvalue weighted by molar-refractivity contribution is 5.79. The van der Waals surface area contributed by atoms with E-state index in [0.29, 0.717) is 30.8 Å². The lowest BCUT2D eigenvalue weighted by Crippen LogP contribution is -2.37. The molecule has 0 unspecified atom stereocenters. The minimum Gasteiger partial charge on any atom is -0.361 e. The second kappa shape index (κ2) is 8.82. The smallest absolute Gasteiger partial charge is 0.232 e. The van der Waals surface area contributed by atoms with E-state index in [4.69, 9.17) is 9.05 Å². The lowest BCUT2D eigenvalue weighted by atomic mass is 9.97. The van der Waals surface area contributed by atoms with E-state index < -0.39 is 0 Å². The van der Waals surface area contributed by atoms with Crippen molar-refractivity contribution in [2.45, 2.75) is 72.9 Å². The van der Waals surface area contributed by atoms with Gasteiger partial charge >= 0.3 is 0 Å². The summed E-state index contributed by atoms with van der Waals surface area (Å²) in [4.78, 5) is 9.08. The maximum atomic E-state index is 5.40. The Labute approximate surface area is 154 Å². The number of hydrogen-bond donors (Lipinski definition) is 2. The van der Waals surface area contributed by atoms with Crippen LogP contribution in [0.4, 0.5) is 0 Å². The van der Waals surface area contributed by atoms with Crippen LogP contribution < -0.4 is 10.6 Å². The molecule has 0 saturated heterocycles. The summed E-state index contributed by atoms with van der Waals surface area (Å²) in [7, 11) is 0. The average Bonchev–Trinajstić information content (AvgIpc) is 3.23. The summed E-state index contributed by atoms with van der Waals surface area (Å²) in [5, 5.41) is 14.6. The molecular weight excluding hydrogens is 332 g/mol. The van der Waals surface area contributed by atoms with Gasteiger partial charge in [-0.05, 0) is 13.3 Å². The Morgan fingerprint density at radius 1 is 1.04 bits per heavy atom. The van der Waals surface area contributed by atoms with Crippen molar-refractivity contribution in [1.82, 2.24) is 25.9 Å². The largest absolute Gasteiger partial charge is 0.361 e. The molecule has 0 bridgehead atoms. The van der Waals surface area contributed by atoms with E-state index in [1.807, 2.05) is 27.7 Å². The van der Waals surface area contributed by atoms with E-state index in [9.17, 15) is 0 Å². The van der Waals surface area contributed by atoms with Crippen molar-refractivity contribution in [3.63, 3.8) is 0 Å². The molecular formula is C18H30N6O2. The van der Waals surface area contributed by atoms with Gasteiger partial charge in [-0.15, -0.1) is 0 Å². The summed E-state index contributed by atoms with van der Waals surface area (Å²) in [6.07, 6.45) is 1.64. The van der Waals surface area contributed by atoms with E-state index in [-0.39, 0.29) is 5.41 Å². The second-order valence-electron chi connectivity index (χ2n) is 7.05. The van der Waals surface area contributed by atoms with Crippen molar-refractivity contribution in [3.8, 4) is 0 Å². The number of aromatic nitrogens is 3. The molecule has 0 aliphatic carbocycles. The van der Waals surface area contributed by atoms with Crippen LogP contribution in [0.25, 0.3) is 0 Å². The van der Waals surface area contributed by atoms with Crippen molar-refractivity contribution in [3.05, 3.63) is 28.7 Å². The minimum absolute atomic E-state index is 0.161. The zero-order valence-corrected chi connectivity index (χ0v) is 16.6. The van der Waals surface area contributed by atoms with Crippen molar-refractivity contribution in [1.29, 1.82) is 0 Å². The van der Waals surface area contributed by atoms with Crippen LogP contribution in [0, 0.1) is 0 Å². The molecule has 0 aromatic carbocycles. The number of nitrogens with one attached hydrogen (secondary N) is 2. The maximum Gasteiger partial charge on any atom is 0.232 e. The Morgan fingerprint density at radius 2 is 1.81 bits per heavy atom. The van der Waals surface area contributed by atoms with Gasteiger partial charge in [0.15, 0.2) is 11.8 Å². The van der Waals surface area contributed by atoms with Crippen LogP contribution in [0.2, 0.25) is 0 Å². The van der Waals surface area contributed by atoms with Gasteiger partial charge < -0.3 is 19.7 Å². The topological polar surface area (TPSA) is 101 Å². The molecule has 8 heteroatoms. The van der Waals surface area contributed by atoms with Crippen molar-refractivity contribution in [2.75, 3.05) is 6.54 Å². The highest BCUT2D eigenvalue weighted by atomic mass is 16.5. The van der Waals surface area contributed by atoms with Crippen LogP contribution in [0.1, 0.15) is 70.3 Å². The van der Waals surface area contributed by atoms with Gasteiger partial charge in [0.1, 0.15) is 5.76 Å². The molecule has 0 aliphatic heterocycles. The fourth-order valence-corrected chi connectivity index (χ4v) is 2.41. The monoisotopic (exact) mass is 362 g/mol. The Bertz CT molecular complexity index is 705. The normalized spacial score (nSPS) is 12.5. The highest BCUT2D eigenvalue weighted by Gasteiger charge is 2.21. The molecule has 0 aliphatic rings. The van der Waals surface area contributed by atoms with E-state index in [1.54, 1.807) is 0 Å². The van der Waals surface area contributed by atoms with Crippen LogP contribution in [-0.2, 0) is 31.3 Å². The van der Waals surface area contributed by atoms with Gasteiger partial charge in [-0.1, -0.05) is 44.9 Å². The molecule has 0 amide bonds. The summed E-state index contributed by atoms with van der Waals surface area (Å²) in [5.41, 5.74) is 1.88. The quantitative estimate of drug-likeness (QED) is 0.577. The number of guanidine groups is 1. The van der Waals surface area contributed by atoms with Crippen molar-refractivity contribution < 1.29 is 9.05 Å². The number of nitrogens with zero attached hydrogens (tertiary/aromatic N) is 4. The number of aliphatic imine (C=N–C) groups is 1. The summed E-state index contributed by atoms with van der Waals surface area (Å²) < 4.78 is 10.7. The Balaban J connectivity index is 2.05. The molecule has 0 saturated carbocycles. The van der Waals surface area contributed by atoms with E-state index in [1.165, 1.54) is 0 Å². The molecule has 2 rings (SSSR count). The number of aryl methyl sites for hydroxylation is 2. The summed E-state index contributed by atoms with van der Waals surface area (Å²) >= 11 is 0. The van der Waals surface area contributed by atoms with Crippen LogP contribution in [0.3, 0.4) is 0 Å². The Kier molecular flexibility index (Phi) is 6.76. The van der Waals surface area contributed by atoms with Gasteiger partial charge in [0.25, 0.3) is 0 Å². The molecule has 26 heavy (non-hydrogen) atoms. The minimum atomic E-state index is -0.161. The van der Waals surface area contributed by atoms with Crippen molar-refractivity contribution >= 4 is 5.96 Å². The standard InChI is InChI=1S/C18H30N6O2/c1-7-13-12(14(8-2)25-23-13)10-20-17(19-9-3)21-11-15-22-16(26-24-15)18(4,5)6/h7-11H2,1-6H3,(H2,19,20,21). The predicted molar refractivity (Wildman–Crippen MR) is 99.9 cm³/mol. The first kappa shape index (κ1) is 19.9. The van der Waals surface area contributed by atoms with Gasteiger partial charge in [0.2, 0.25) is 5.89 Å². The molecule has 0 radical (unpaired) electrons. The molecule has 0 spiro atoms. The first-order valence-corrected chi connectivity index (χ1v) is 9.20. The first-order valence-electron chi connectivity index (χ1n) is 9.20. The van der Waals surface area contributed by atoms with Crippen LogP contribution in [0.15, 0.2) is 14.0 Å². The van der Waals surface area contributed by atoms with E-state index in [0.717, 1.165) is 36.4 Å². The maximum absolute atomic E-state index is 5.40. The molecule has 2 aromatic heterocycles. The molecule has 2 N–H and O–H groups in total. The molecule has 0 fully saturated rings. The van der Waals surface area contributed by atoms with E-state index in [2.05, 4.69) is 44.8 Å². The first-order chi connectivity index (χ1) is 12.4. The number of rotatable bonds is 7. The lowest BCUT2D eigenvalue weighted by molar-refractivity contribution is 0.318. The van der Waals surface area contributed by atoms with Gasteiger partial charge in [-0.2, -0.15) is 4.98 Å². The second-order valence-corrected chi connectivity index (χ2v) is 7.05. The summed E-state index contributed by atoms with van der Waals surface area (Å²) in [6, 6.07) is 0. The number of hydrogen-bond acceptors (Lipinski definition) is 6. The fourth-order valence-electron chi connectivity index (χ4n) is 2.41. The van der Waals surface area contributed by atoms with Crippen molar-refractivity contribution in [2.24, 2.45) is 4.99 Å². The van der Waals surface area contributed by atoms with Crippen LogP contribution in [0.5, 0.6) is 0 Å². The molecule has 2 aromatic rings. The third-order valence-electron chi connectivity index (χ3n) is 3.87. The zero-order chi connectivity index (χ0) is 19.2. The van der Waals surface area contributed by atoms with Gasteiger partial charge in [-0.25, -0.2) is 4.99 Å². The zero-order valence-electron chi connectivity index (χ0n) is 16.6. The van der Waals surface area contributed by atoms with Gasteiger partial charge in [0.05, 0.1) is 18.8 Å². The molecule has 0 atom stereocenters. The SMILES string of the molecule is CCNC(=NCc1c(CC)noc1CC)NCc1noc(C(C)(C)C)n1. The Hall–Kier alpha value is -2.38. The predicted octanol–water partition coefficient (Wildman–Crippen LogP) is 2.74. The fraction of sp³-hybridized carbons (Fsp3) is 0.667. The van der Waals surface area contributed by atoms with Crippen LogP contribution in [-0.4, -0.2) is 27.8 Å². The summed E-state index contributed by atoms with van der Waals surface area (Å²) in [5.74, 6) is 2.82. The van der Waals surface area contributed by atoms with E-state index >= 15 is 0 Å². The van der Waals surface area contributed by atoms with Crippen LogP contribution >= 0.6 is 0 Å². The average molecular weight is 362 g/mol. The third kappa shape index (κ3) is 5.06. The lowest BCUT2D eigenvalue weighted by Gasteiger charge is -2.11. The highest BCUT2D eigenvalue weighted by Crippen LogP contribution is 2.19. The molecule has 144 valence electrons.